The zero-order valence-electron chi connectivity index (χ0n) is 5.87. The molecule has 2 nitrogen and oxygen atoms in total. The van der Waals surface area contributed by atoms with Crippen molar-refractivity contribution in [2.24, 2.45) is 0 Å². The third-order valence-corrected chi connectivity index (χ3v) is 1.12. The molecule has 0 fully saturated rings. The van der Waals surface area contributed by atoms with Crippen LogP contribution in [-0.2, 0) is 0 Å². The molecule has 0 bridgehead atoms. The molecule has 0 radical (unpaired) electrons. The fourth-order valence-corrected chi connectivity index (χ4v) is 0.653. The minimum atomic E-state index is 0. The van der Waals surface area contributed by atoms with E-state index in [-0.39, 0.29) is 12.4 Å². The molecular weight excluding hydrogens is 185 g/mol. The van der Waals surface area contributed by atoms with Gasteiger partial charge in [0.15, 0.2) is 0 Å². The number of hydrogen-bond donors (Lipinski definition) is 0. The van der Waals surface area contributed by atoms with E-state index in [1.165, 1.54) is 0 Å². The molecule has 0 amide bonds. The normalized spacial score (nSPS) is 8.45. The van der Waals surface area contributed by atoms with E-state index in [1.54, 1.807) is 12.3 Å². The van der Waals surface area contributed by atoms with Crippen LogP contribution in [0.25, 0.3) is 0 Å². The average Bonchev–Trinajstić information content (AvgIpc) is 2.03. The van der Waals surface area contributed by atoms with Crippen LogP contribution in [0.3, 0.4) is 0 Å². The van der Waals surface area contributed by atoms with Crippen molar-refractivity contribution in [3.05, 3.63) is 24.4 Å². The Balaban J connectivity index is 0.000001000. The van der Waals surface area contributed by atoms with Crippen molar-refractivity contribution in [3.63, 3.8) is 0 Å². The number of hydrogen-bond acceptors (Lipinski definition) is 2. The molecule has 1 aromatic rings. The first-order valence-electron chi connectivity index (χ1n) is 3.03. The summed E-state index contributed by atoms with van der Waals surface area (Å²) < 4.78 is 5.11. The highest BCUT2D eigenvalue weighted by Crippen LogP contribution is 2.02. The minimum Gasteiger partial charge on any atom is -0.476 e. The lowest BCUT2D eigenvalue weighted by Gasteiger charge is -1.99. The molecule has 0 aliphatic carbocycles. The van der Waals surface area contributed by atoms with Gasteiger partial charge in [0.05, 0.1) is 5.88 Å². The van der Waals surface area contributed by atoms with Gasteiger partial charge in [0.25, 0.3) is 0 Å². The molecule has 0 saturated carbocycles. The number of halogens is 2. The van der Waals surface area contributed by atoms with E-state index in [0.29, 0.717) is 18.4 Å². The van der Waals surface area contributed by atoms with E-state index in [2.05, 4.69) is 4.98 Å². The topological polar surface area (TPSA) is 22.1 Å². The highest BCUT2D eigenvalue weighted by molar-refractivity contribution is 6.17. The SMILES string of the molecule is Cl.ClCCOc1ccccn1. The van der Waals surface area contributed by atoms with Crippen molar-refractivity contribution >= 4 is 24.0 Å². The number of aromatic nitrogens is 1. The van der Waals surface area contributed by atoms with E-state index in [9.17, 15) is 0 Å². The predicted molar refractivity (Wildman–Crippen MR) is 47.7 cm³/mol. The summed E-state index contributed by atoms with van der Waals surface area (Å²) in [4.78, 5) is 3.94. The summed E-state index contributed by atoms with van der Waals surface area (Å²) in [6, 6.07) is 5.51. The molecule has 0 saturated heterocycles. The maximum absolute atomic E-state index is 5.40. The average molecular weight is 194 g/mol. The zero-order chi connectivity index (χ0) is 7.23. The monoisotopic (exact) mass is 193 g/mol. The van der Waals surface area contributed by atoms with E-state index >= 15 is 0 Å². The van der Waals surface area contributed by atoms with E-state index in [4.69, 9.17) is 16.3 Å². The maximum atomic E-state index is 5.40. The van der Waals surface area contributed by atoms with Crippen LogP contribution in [0, 0.1) is 0 Å². The van der Waals surface area contributed by atoms with Gasteiger partial charge in [-0.2, -0.15) is 0 Å². The molecule has 0 atom stereocenters. The molecule has 0 aliphatic rings. The van der Waals surface area contributed by atoms with Crippen molar-refractivity contribution in [1.29, 1.82) is 0 Å². The van der Waals surface area contributed by atoms with Gasteiger partial charge in [-0.15, -0.1) is 24.0 Å². The molecular formula is C7H9Cl2NO. The lowest BCUT2D eigenvalue weighted by molar-refractivity contribution is 0.329. The minimum absolute atomic E-state index is 0. The molecule has 62 valence electrons. The Bertz CT molecular complexity index is 181. The highest BCUT2D eigenvalue weighted by Gasteiger charge is 1.88. The van der Waals surface area contributed by atoms with Gasteiger partial charge in [-0.05, 0) is 6.07 Å². The van der Waals surface area contributed by atoms with Crippen molar-refractivity contribution in [2.45, 2.75) is 0 Å². The first-order valence-corrected chi connectivity index (χ1v) is 3.57. The number of alkyl halides is 1. The second-order valence-electron chi connectivity index (χ2n) is 1.71. The molecule has 1 aromatic heterocycles. The van der Waals surface area contributed by atoms with Crippen LogP contribution in [0.15, 0.2) is 24.4 Å². The third-order valence-electron chi connectivity index (χ3n) is 0.965. The summed E-state index contributed by atoms with van der Waals surface area (Å²) in [6.45, 7) is 0.512. The Labute approximate surface area is 77.0 Å². The van der Waals surface area contributed by atoms with Crippen molar-refractivity contribution in [2.75, 3.05) is 12.5 Å². The van der Waals surface area contributed by atoms with Crippen LogP contribution in [0.4, 0.5) is 0 Å². The van der Waals surface area contributed by atoms with Crippen molar-refractivity contribution < 1.29 is 4.74 Å². The lowest BCUT2D eigenvalue weighted by Crippen LogP contribution is -1.98. The van der Waals surface area contributed by atoms with Crippen LogP contribution < -0.4 is 4.74 Å². The summed E-state index contributed by atoms with van der Waals surface area (Å²) in [6.07, 6.45) is 1.68. The summed E-state index contributed by atoms with van der Waals surface area (Å²) >= 11 is 5.40. The van der Waals surface area contributed by atoms with Crippen LogP contribution in [0.1, 0.15) is 0 Å². The first kappa shape index (κ1) is 10.5. The fraction of sp³-hybridized carbons (Fsp3) is 0.286. The molecule has 1 rings (SSSR count). The Morgan fingerprint density at radius 3 is 2.82 bits per heavy atom. The van der Waals surface area contributed by atoms with Gasteiger partial charge in [0.1, 0.15) is 6.61 Å². The Morgan fingerprint density at radius 1 is 1.45 bits per heavy atom. The Morgan fingerprint density at radius 2 is 2.27 bits per heavy atom. The van der Waals surface area contributed by atoms with Crippen LogP contribution in [0.5, 0.6) is 5.88 Å². The number of pyridine rings is 1. The molecule has 0 spiro atoms. The van der Waals surface area contributed by atoms with Gasteiger partial charge in [-0.1, -0.05) is 6.07 Å². The van der Waals surface area contributed by atoms with Gasteiger partial charge in [0.2, 0.25) is 5.88 Å². The van der Waals surface area contributed by atoms with Gasteiger partial charge in [-0.3, -0.25) is 0 Å². The fourth-order valence-electron chi connectivity index (χ4n) is 0.576. The smallest absolute Gasteiger partial charge is 0.213 e. The second kappa shape index (κ2) is 6.25. The largest absolute Gasteiger partial charge is 0.476 e. The molecule has 0 aliphatic heterocycles. The predicted octanol–water partition coefficient (Wildman–Crippen LogP) is 2.12. The quantitative estimate of drug-likeness (QED) is 0.687. The van der Waals surface area contributed by atoms with Crippen LogP contribution >= 0.6 is 24.0 Å². The Hall–Kier alpha value is -0.470. The third kappa shape index (κ3) is 4.06. The number of rotatable bonds is 3. The van der Waals surface area contributed by atoms with Gasteiger partial charge in [-0.25, -0.2) is 4.98 Å². The molecule has 4 heteroatoms. The van der Waals surface area contributed by atoms with Gasteiger partial charge < -0.3 is 4.74 Å². The van der Waals surface area contributed by atoms with Crippen LogP contribution in [0.2, 0.25) is 0 Å². The first-order chi connectivity index (χ1) is 4.93. The number of nitrogens with zero attached hydrogens (tertiary/aromatic N) is 1. The molecule has 1 heterocycles. The standard InChI is InChI=1S/C7H8ClNO.ClH/c8-4-6-10-7-3-1-2-5-9-7;/h1-3,5H,4,6H2;1H. The van der Waals surface area contributed by atoms with E-state index in [0.717, 1.165) is 0 Å². The Kier molecular flexibility index (Phi) is 5.99. The molecule has 0 N–H and O–H groups in total. The van der Waals surface area contributed by atoms with Crippen molar-refractivity contribution in [1.82, 2.24) is 4.98 Å². The summed E-state index contributed by atoms with van der Waals surface area (Å²) in [7, 11) is 0. The summed E-state index contributed by atoms with van der Waals surface area (Å²) in [5.74, 6) is 1.12. The summed E-state index contributed by atoms with van der Waals surface area (Å²) in [5.41, 5.74) is 0. The summed E-state index contributed by atoms with van der Waals surface area (Å²) in [5, 5.41) is 0. The highest BCUT2D eigenvalue weighted by atomic mass is 35.5. The lowest BCUT2D eigenvalue weighted by atomic mass is 10.5. The molecule has 11 heavy (non-hydrogen) atoms. The molecule has 0 aromatic carbocycles. The van der Waals surface area contributed by atoms with Gasteiger partial charge in [0, 0.05) is 12.3 Å². The maximum Gasteiger partial charge on any atom is 0.213 e. The van der Waals surface area contributed by atoms with Crippen molar-refractivity contribution in [3.8, 4) is 5.88 Å². The van der Waals surface area contributed by atoms with Gasteiger partial charge >= 0.3 is 0 Å². The second-order valence-corrected chi connectivity index (χ2v) is 2.08. The van der Waals surface area contributed by atoms with Crippen LogP contribution in [-0.4, -0.2) is 17.5 Å². The molecule has 0 unspecified atom stereocenters. The number of ether oxygens (including phenoxy) is 1. The zero-order valence-corrected chi connectivity index (χ0v) is 7.44. The van der Waals surface area contributed by atoms with E-state index < -0.39 is 0 Å². The van der Waals surface area contributed by atoms with E-state index in [1.807, 2.05) is 12.1 Å².